The minimum atomic E-state index is -0.248. The number of hydrogen-bond acceptors (Lipinski definition) is 3. The van der Waals surface area contributed by atoms with Gasteiger partial charge in [-0.05, 0) is 37.3 Å². The topological polar surface area (TPSA) is 46.5 Å². The number of rotatable bonds is 3. The van der Waals surface area contributed by atoms with Crippen LogP contribution in [-0.4, -0.2) is 10.9 Å². The minimum Gasteiger partial charge on any atom is -0.507 e. The largest absolute Gasteiger partial charge is 0.507 e. The van der Waals surface area contributed by atoms with Crippen LogP contribution in [0.3, 0.4) is 0 Å². The van der Waals surface area contributed by atoms with Gasteiger partial charge in [-0.3, -0.25) is 4.79 Å². The van der Waals surface area contributed by atoms with Crippen molar-refractivity contribution in [3.8, 4) is 17.2 Å². The van der Waals surface area contributed by atoms with Crippen molar-refractivity contribution in [3.63, 3.8) is 0 Å². The van der Waals surface area contributed by atoms with Crippen LogP contribution < -0.4 is 4.74 Å². The molecule has 2 rings (SSSR count). The zero-order valence-electron chi connectivity index (χ0n) is 9.98. The second kappa shape index (κ2) is 5.75. The van der Waals surface area contributed by atoms with Crippen LogP contribution in [0.4, 0.5) is 0 Å². The normalized spacial score (nSPS) is 10.3. The molecule has 0 aliphatic carbocycles. The van der Waals surface area contributed by atoms with Gasteiger partial charge in [-0.2, -0.15) is 0 Å². The molecule has 0 fully saturated rings. The molecule has 0 aliphatic heterocycles. The summed E-state index contributed by atoms with van der Waals surface area (Å²) in [6.07, 6.45) is 0. The van der Waals surface area contributed by atoms with E-state index in [2.05, 4.69) is 31.9 Å². The molecule has 1 N–H and O–H groups in total. The summed E-state index contributed by atoms with van der Waals surface area (Å²) in [5.74, 6) is 0.563. The highest BCUT2D eigenvalue weighted by molar-refractivity contribution is 9.11. The van der Waals surface area contributed by atoms with Crippen molar-refractivity contribution < 1.29 is 14.6 Å². The molecule has 0 aromatic heterocycles. The van der Waals surface area contributed by atoms with Crippen LogP contribution in [0.1, 0.15) is 17.3 Å². The fourth-order valence-corrected chi connectivity index (χ4v) is 2.92. The Morgan fingerprint density at radius 1 is 1.16 bits per heavy atom. The van der Waals surface area contributed by atoms with Crippen molar-refractivity contribution in [2.24, 2.45) is 0 Å². The summed E-state index contributed by atoms with van der Waals surface area (Å²) >= 11 is 6.72. The minimum absolute atomic E-state index is 0.0842. The van der Waals surface area contributed by atoms with E-state index in [1.807, 2.05) is 6.07 Å². The maximum absolute atomic E-state index is 11.6. The first-order chi connectivity index (χ1) is 8.97. The van der Waals surface area contributed by atoms with E-state index in [4.69, 9.17) is 4.74 Å². The van der Waals surface area contributed by atoms with Crippen molar-refractivity contribution in [1.29, 1.82) is 0 Å². The van der Waals surface area contributed by atoms with Crippen molar-refractivity contribution in [1.82, 2.24) is 0 Å². The van der Waals surface area contributed by atoms with Crippen molar-refractivity contribution in [2.45, 2.75) is 6.92 Å². The molecule has 0 heterocycles. The molecular weight excluding hydrogens is 376 g/mol. The highest BCUT2D eigenvalue weighted by atomic mass is 79.9. The SMILES string of the molecule is CC(=O)c1c(O)cccc1Oc1cc(Br)cc(Br)c1. The van der Waals surface area contributed by atoms with Gasteiger partial charge in [0.25, 0.3) is 0 Å². The summed E-state index contributed by atoms with van der Waals surface area (Å²) in [5.41, 5.74) is 0.179. The number of carbonyl (C=O) groups is 1. The van der Waals surface area contributed by atoms with E-state index in [1.54, 1.807) is 24.3 Å². The summed E-state index contributed by atoms with van der Waals surface area (Å²) in [6.45, 7) is 1.39. The molecule has 98 valence electrons. The second-order valence-corrected chi connectivity index (χ2v) is 5.75. The second-order valence-electron chi connectivity index (χ2n) is 3.91. The Morgan fingerprint density at radius 3 is 2.37 bits per heavy atom. The third-order valence-electron chi connectivity index (χ3n) is 2.42. The number of benzene rings is 2. The molecule has 0 amide bonds. The van der Waals surface area contributed by atoms with Crippen LogP contribution in [0.2, 0.25) is 0 Å². The van der Waals surface area contributed by atoms with Gasteiger partial charge in [0, 0.05) is 8.95 Å². The Bertz CT molecular complexity index is 618. The van der Waals surface area contributed by atoms with E-state index in [0.717, 1.165) is 8.95 Å². The molecule has 0 atom stereocenters. The fourth-order valence-electron chi connectivity index (χ4n) is 1.67. The molecule has 2 aromatic rings. The van der Waals surface area contributed by atoms with Crippen LogP contribution in [-0.2, 0) is 0 Å². The van der Waals surface area contributed by atoms with Gasteiger partial charge >= 0.3 is 0 Å². The lowest BCUT2D eigenvalue weighted by Gasteiger charge is -2.11. The molecule has 19 heavy (non-hydrogen) atoms. The molecule has 5 heteroatoms. The van der Waals surface area contributed by atoms with Crippen molar-refractivity contribution >= 4 is 37.6 Å². The summed E-state index contributed by atoms with van der Waals surface area (Å²) in [6, 6.07) is 10.2. The predicted octanol–water partition coefficient (Wildman–Crippen LogP) is 4.91. The van der Waals surface area contributed by atoms with Gasteiger partial charge in [0.15, 0.2) is 5.78 Å². The molecule has 0 spiro atoms. The van der Waals surface area contributed by atoms with E-state index in [1.165, 1.54) is 13.0 Å². The number of carbonyl (C=O) groups excluding carboxylic acids is 1. The predicted molar refractivity (Wildman–Crippen MR) is 80.0 cm³/mol. The smallest absolute Gasteiger partial charge is 0.167 e. The first kappa shape index (κ1) is 14.1. The number of phenolic OH excluding ortho intramolecular Hbond substituents is 1. The van der Waals surface area contributed by atoms with Crippen molar-refractivity contribution in [2.75, 3.05) is 0 Å². The third kappa shape index (κ3) is 3.36. The zero-order valence-corrected chi connectivity index (χ0v) is 13.2. The Labute approximate surface area is 127 Å². The molecule has 0 saturated carbocycles. The first-order valence-corrected chi connectivity index (χ1v) is 7.03. The Balaban J connectivity index is 2.43. The lowest BCUT2D eigenvalue weighted by molar-refractivity contribution is 0.101. The quantitative estimate of drug-likeness (QED) is 0.763. The average Bonchev–Trinajstić information content (AvgIpc) is 2.26. The van der Waals surface area contributed by atoms with Crippen molar-refractivity contribution in [3.05, 3.63) is 50.9 Å². The standard InChI is InChI=1S/C14H10Br2O3/c1-8(17)14-12(18)3-2-4-13(14)19-11-6-9(15)5-10(16)7-11/h2-7,18H,1H3. The summed E-state index contributed by atoms with van der Waals surface area (Å²) in [5, 5.41) is 9.73. The molecular formula is C14H10Br2O3. The van der Waals surface area contributed by atoms with Gasteiger partial charge in [0.1, 0.15) is 22.8 Å². The van der Waals surface area contributed by atoms with Gasteiger partial charge in [0.05, 0.1) is 0 Å². The van der Waals surface area contributed by atoms with E-state index < -0.39 is 0 Å². The molecule has 0 unspecified atom stereocenters. The number of Topliss-reactive ketones (excluding diaryl/α,β-unsaturated/α-hetero) is 1. The number of ketones is 1. The van der Waals surface area contributed by atoms with Gasteiger partial charge in [-0.1, -0.05) is 37.9 Å². The number of ether oxygens (including phenoxy) is 1. The monoisotopic (exact) mass is 384 g/mol. The van der Waals surface area contributed by atoms with Gasteiger partial charge in [0.2, 0.25) is 0 Å². The average molecular weight is 386 g/mol. The van der Waals surface area contributed by atoms with E-state index in [-0.39, 0.29) is 17.1 Å². The molecule has 3 nitrogen and oxygen atoms in total. The lowest BCUT2D eigenvalue weighted by Crippen LogP contribution is -1.97. The van der Waals surface area contributed by atoms with Gasteiger partial charge in [-0.25, -0.2) is 0 Å². The number of halogens is 2. The molecule has 0 saturated heterocycles. The van der Waals surface area contributed by atoms with Crippen LogP contribution >= 0.6 is 31.9 Å². The number of aromatic hydroxyl groups is 1. The summed E-state index contributed by atoms with van der Waals surface area (Å²) in [4.78, 5) is 11.6. The highest BCUT2D eigenvalue weighted by Gasteiger charge is 2.14. The number of hydrogen-bond donors (Lipinski definition) is 1. The Kier molecular flexibility index (Phi) is 4.27. The van der Waals surface area contributed by atoms with Gasteiger partial charge < -0.3 is 9.84 Å². The third-order valence-corrected chi connectivity index (χ3v) is 3.34. The molecule has 0 bridgehead atoms. The highest BCUT2D eigenvalue weighted by Crippen LogP contribution is 2.34. The number of phenols is 1. The van der Waals surface area contributed by atoms with Crippen LogP contribution in [0.25, 0.3) is 0 Å². The van der Waals surface area contributed by atoms with Crippen LogP contribution in [0.15, 0.2) is 45.3 Å². The lowest BCUT2D eigenvalue weighted by atomic mass is 10.1. The van der Waals surface area contributed by atoms with E-state index in [0.29, 0.717) is 11.5 Å². The molecule has 0 aliphatic rings. The summed E-state index contributed by atoms with van der Waals surface area (Å²) < 4.78 is 7.37. The van der Waals surface area contributed by atoms with Crippen LogP contribution in [0.5, 0.6) is 17.2 Å². The Hall–Kier alpha value is -1.33. The van der Waals surface area contributed by atoms with E-state index in [9.17, 15) is 9.90 Å². The first-order valence-electron chi connectivity index (χ1n) is 5.44. The van der Waals surface area contributed by atoms with Crippen LogP contribution in [0, 0.1) is 0 Å². The fraction of sp³-hybridized carbons (Fsp3) is 0.0714. The summed E-state index contributed by atoms with van der Waals surface area (Å²) in [7, 11) is 0. The maximum atomic E-state index is 11.6. The zero-order chi connectivity index (χ0) is 14.0. The molecule has 2 aromatic carbocycles. The maximum Gasteiger partial charge on any atom is 0.167 e. The van der Waals surface area contributed by atoms with E-state index >= 15 is 0 Å². The Morgan fingerprint density at radius 2 is 1.79 bits per heavy atom. The molecule has 0 radical (unpaired) electrons. The van der Waals surface area contributed by atoms with Gasteiger partial charge in [-0.15, -0.1) is 0 Å².